The molecule has 0 saturated carbocycles. The number of hydrogen-bond acceptors (Lipinski definition) is 4. The van der Waals surface area contributed by atoms with E-state index < -0.39 is 21.7 Å². The minimum Gasteiger partial charge on any atom is -0.324 e. The predicted molar refractivity (Wildman–Crippen MR) is 57.9 cm³/mol. The van der Waals surface area contributed by atoms with Crippen LogP contribution in [0.3, 0.4) is 0 Å². The fourth-order valence-corrected chi connectivity index (χ4v) is 3.87. The quantitative estimate of drug-likeness (QED) is 0.829. The molecular weight excluding hydrogens is 231 g/mol. The Bertz CT molecular complexity index is 489. The van der Waals surface area contributed by atoms with Crippen molar-refractivity contribution in [1.82, 2.24) is 4.98 Å². The topological polar surface area (TPSA) is 73.0 Å². The smallest absolute Gasteiger partial charge is 0.150 e. The van der Waals surface area contributed by atoms with Gasteiger partial charge in [0.1, 0.15) is 5.82 Å². The highest BCUT2D eigenvalue weighted by atomic mass is 32.2. The van der Waals surface area contributed by atoms with E-state index in [-0.39, 0.29) is 17.4 Å². The number of aromatic nitrogens is 1. The summed E-state index contributed by atoms with van der Waals surface area (Å²) in [4.78, 5) is 3.63. The number of nitrogens with two attached hydrogens (primary N) is 1. The fraction of sp³-hybridized carbons (Fsp3) is 0.500. The molecule has 2 N–H and O–H groups in total. The number of hydrogen-bond donors (Lipinski definition) is 1. The minimum atomic E-state index is -2.98. The van der Waals surface area contributed by atoms with Gasteiger partial charge in [-0.2, -0.15) is 0 Å². The van der Waals surface area contributed by atoms with E-state index in [1.54, 1.807) is 0 Å². The van der Waals surface area contributed by atoms with Gasteiger partial charge in [-0.15, -0.1) is 0 Å². The summed E-state index contributed by atoms with van der Waals surface area (Å²) in [7, 11) is -2.98. The first-order chi connectivity index (χ1) is 7.49. The van der Waals surface area contributed by atoms with E-state index in [0.29, 0.717) is 12.0 Å². The van der Waals surface area contributed by atoms with Gasteiger partial charge >= 0.3 is 0 Å². The van der Waals surface area contributed by atoms with Gasteiger partial charge in [-0.05, 0) is 18.4 Å². The standard InChI is InChI=1S/C10H13FN2O2S/c11-9-5-13-3-1-8(9)10(12)7-2-4-16(14,15)6-7/h1,3,5,7,10H,2,4,6,12H2. The maximum Gasteiger partial charge on any atom is 0.150 e. The van der Waals surface area contributed by atoms with E-state index in [1.165, 1.54) is 12.3 Å². The van der Waals surface area contributed by atoms with Gasteiger partial charge in [-0.1, -0.05) is 0 Å². The van der Waals surface area contributed by atoms with Gasteiger partial charge < -0.3 is 5.73 Å². The van der Waals surface area contributed by atoms with Gasteiger partial charge in [-0.3, -0.25) is 4.98 Å². The first kappa shape index (κ1) is 11.5. The Hall–Kier alpha value is -1.01. The van der Waals surface area contributed by atoms with Crippen molar-refractivity contribution in [2.75, 3.05) is 11.5 Å². The van der Waals surface area contributed by atoms with Crippen LogP contribution in [0.4, 0.5) is 4.39 Å². The van der Waals surface area contributed by atoms with E-state index >= 15 is 0 Å². The van der Waals surface area contributed by atoms with Crippen molar-refractivity contribution < 1.29 is 12.8 Å². The van der Waals surface area contributed by atoms with Crippen LogP contribution < -0.4 is 5.73 Å². The third-order valence-corrected chi connectivity index (χ3v) is 4.73. The SMILES string of the molecule is NC(c1ccncc1F)C1CCS(=O)(=O)C1. The average molecular weight is 244 g/mol. The molecule has 2 unspecified atom stereocenters. The van der Waals surface area contributed by atoms with Crippen LogP contribution in [0.25, 0.3) is 0 Å². The van der Waals surface area contributed by atoms with Crippen molar-refractivity contribution in [2.45, 2.75) is 12.5 Å². The molecule has 1 aliphatic rings. The molecule has 1 fully saturated rings. The molecule has 2 rings (SSSR count). The van der Waals surface area contributed by atoms with Crippen LogP contribution in [0, 0.1) is 11.7 Å². The molecule has 1 aromatic heterocycles. The lowest BCUT2D eigenvalue weighted by Crippen LogP contribution is -2.23. The van der Waals surface area contributed by atoms with Crippen LogP contribution in [-0.2, 0) is 9.84 Å². The first-order valence-electron chi connectivity index (χ1n) is 5.05. The highest BCUT2D eigenvalue weighted by Crippen LogP contribution is 2.30. The highest BCUT2D eigenvalue weighted by molar-refractivity contribution is 7.91. The van der Waals surface area contributed by atoms with Gasteiger partial charge in [0.25, 0.3) is 0 Å². The second kappa shape index (κ2) is 4.10. The van der Waals surface area contributed by atoms with Gasteiger partial charge in [-0.25, -0.2) is 12.8 Å². The Morgan fingerprint density at radius 3 is 2.88 bits per heavy atom. The van der Waals surface area contributed by atoms with Crippen molar-refractivity contribution in [1.29, 1.82) is 0 Å². The highest BCUT2D eigenvalue weighted by Gasteiger charge is 2.33. The van der Waals surface area contributed by atoms with Crippen molar-refractivity contribution in [3.8, 4) is 0 Å². The number of pyridine rings is 1. The summed E-state index contributed by atoms with van der Waals surface area (Å²) in [6.07, 6.45) is 3.06. The summed E-state index contributed by atoms with van der Waals surface area (Å²) in [6, 6.07) is 0.936. The van der Waals surface area contributed by atoms with Crippen LogP contribution in [0.5, 0.6) is 0 Å². The number of sulfone groups is 1. The predicted octanol–water partition coefficient (Wildman–Crippen LogP) is 0.655. The lowest BCUT2D eigenvalue weighted by Gasteiger charge is -2.18. The van der Waals surface area contributed by atoms with Crippen molar-refractivity contribution in [2.24, 2.45) is 11.7 Å². The molecule has 6 heteroatoms. The maximum absolute atomic E-state index is 13.4. The molecule has 88 valence electrons. The zero-order chi connectivity index (χ0) is 11.8. The van der Waals surface area contributed by atoms with E-state index in [9.17, 15) is 12.8 Å². The lowest BCUT2D eigenvalue weighted by atomic mass is 9.94. The molecule has 0 amide bonds. The molecule has 1 aromatic rings. The van der Waals surface area contributed by atoms with Crippen LogP contribution in [-0.4, -0.2) is 24.9 Å². The van der Waals surface area contributed by atoms with E-state index in [0.717, 1.165) is 6.20 Å². The molecule has 0 spiro atoms. The van der Waals surface area contributed by atoms with Crippen molar-refractivity contribution in [3.63, 3.8) is 0 Å². The van der Waals surface area contributed by atoms with E-state index in [4.69, 9.17) is 5.73 Å². The van der Waals surface area contributed by atoms with Crippen molar-refractivity contribution >= 4 is 9.84 Å². The normalized spacial score (nSPS) is 25.5. The first-order valence-corrected chi connectivity index (χ1v) is 6.87. The molecular formula is C10H13FN2O2S. The molecule has 4 nitrogen and oxygen atoms in total. The molecule has 0 aliphatic carbocycles. The summed E-state index contributed by atoms with van der Waals surface area (Å²) in [5.41, 5.74) is 6.23. The Morgan fingerprint density at radius 1 is 1.56 bits per heavy atom. The van der Waals surface area contributed by atoms with Crippen LogP contribution >= 0.6 is 0 Å². The Morgan fingerprint density at radius 2 is 2.31 bits per heavy atom. The number of rotatable bonds is 2. The third-order valence-electron chi connectivity index (χ3n) is 2.94. The Kier molecular flexibility index (Phi) is 2.94. The summed E-state index contributed by atoms with van der Waals surface area (Å²) >= 11 is 0. The van der Waals surface area contributed by atoms with E-state index in [1.807, 2.05) is 0 Å². The zero-order valence-corrected chi connectivity index (χ0v) is 9.45. The Labute approximate surface area is 93.6 Å². The summed E-state index contributed by atoms with van der Waals surface area (Å²) in [6.45, 7) is 0. The molecule has 2 heterocycles. The van der Waals surface area contributed by atoms with E-state index in [2.05, 4.69) is 4.98 Å². The Balaban J connectivity index is 2.21. The van der Waals surface area contributed by atoms with Crippen LogP contribution in [0.15, 0.2) is 18.5 Å². The minimum absolute atomic E-state index is 0.0515. The zero-order valence-electron chi connectivity index (χ0n) is 8.64. The maximum atomic E-state index is 13.4. The molecule has 2 atom stereocenters. The second-order valence-corrected chi connectivity index (χ2v) is 6.31. The van der Waals surface area contributed by atoms with Gasteiger partial charge in [0.2, 0.25) is 0 Å². The van der Waals surface area contributed by atoms with Crippen molar-refractivity contribution in [3.05, 3.63) is 29.8 Å². The van der Waals surface area contributed by atoms with Gasteiger partial charge in [0, 0.05) is 17.8 Å². The number of halogens is 1. The second-order valence-electron chi connectivity index (χ2n) is 4.09. The third kappa shape index (κ3) is 2.22. The monoisotopic (exact) mass is 244 g/mol. The molecule has 1 aliphatic heterocycles. The average Bonchev–Trinajstić information content (AvgIpc) is 2.59. The van der Waals surface area contributed by atoms with Crippen LogP contribution in [0.1, 0.15) is 18.0 Å². The molecule has 0 bridgehead atoms. The number of nitrogens with zero attached hydrogens (tertiary/aromatic N) is 1. The summed E-state index contributed by atoms with van der Waals surface area (Å²) < 4.78 is 36.0. The summed E-state index contributed by atoms with van der Waals surface area (Å²) in [5, 5.41) is 0. The largest absolute Gasteiger partial charge is 0.324 e. The van der Waals surface area contributed by atoms with Gasteiger partial charge in [0.05, 0.1) is 17.7 Å². The molecule has 16 heavy (non-hydrogen) atoms. The molecule has 0 radical (unpaired) electrons. The summed E-state index contributed by atoms with van der Waals surface area (Å²) in [5.74, 6) is -0.463. The lowest BCUT2D eigenvalue weighted by molar-refractivity contribution is 0.457. The molecule has 1 saturated heterocycles. The van der Waals surface area contributed by atoms with Crippen LogP contribution in [0.2, 0.25) is 0 Å². The molecule has 0 aromatic carbocycles. The van der Waals surface area contributed by atoms with Gasteiger partial charge in [0.15, 0.2) is 9.84 Å². The fourth-order valence-electron chi connectivity index (χ4n) is 2.02.